The molecule has 0 unspecified atom stereocenters. The van der Waals surface area contributed by atoms with Crippen LogP contribution in [0.1, 0.15) is 11.1 Å². The average molecular weight is 467 g/mol. The molecule has 0 saturated carbocycles. The highest BCUT2D eigenvalue weighted by Crippen LogP contribution is 2.30. The van der Waals surface area contributed by atoms with E-state index in [0.717, 1.165) is 30.2 Å². The summed E-state index contributed by atoms with van der Waals surface area (Å²) >= 11 is 1.84. The van der Waals surface area contributed by atoms with E-state index in [2.05, 4.69) is 0 Å². The second-order valence-electron chi connectivity index (χ2n) is 7.64. The number of ether oxygens (including phenoxy) is 1. The van der Waals surface area contributed by atoms with E-state index in [-0.39, 0.29) is 17.9 Å². The van der Waals surface area contributed by atoms with Crippen molar-refractivity contribution in [2.45, 2.75) is 24.3 Å². The van der Waals surface area contributed by atoms with Gasteiger partial charge in [0.25, 0.3) is 10.1 Å². The lowest BCUT2D eigenvalue weighted by atomic mass is 10.1. The van der Waals surface area contributed by atoms with Gasteiger partial charge in [-0.2, -0.15) is 20.2 Å². The molecule has 0 bridgehead atoms. The number of thioether (sulfide) groups is 1. The molecule has 1 N–H and O–H groups in total. The maximum atomic E-state index is 14.8. The third kappa shape index (κ3) is 4.81. The third-order valence-electron chi connectivity index (χ3n) is 5.41. The highest BCUT2D eigenvalue weighted by Gasteiger charge is 2.34. The Labute approximate surface area is 184 Å². The summed E-state index contributed by atoms with van der Waals surface area (Å²) in [6, 6.07) is 9.27. The molecule has 2 aliphatic heterocycles. The zero-order chi connectivity index (χ0) is 22.2. The number of carbonyl (C=O) groups excluding carboxylic acids is 1. The van der Waals surface area contributed by atoms with Gasteiger partial charge in [0.1, 0.15) is 11.9 Å². The van der Waals surface area contributed by atoms with Crippen LogP contribution in [0.15, 0.2) is 41.3 Å². The van der Waals surface area contributed by atoms with Gasteiger partial charge in [0.2, 0.25) is 0 Å². The quantitative estimate of drug-likeness (QED) is 0.675. The first-order valence-corrected chi connectivity index (χ1v) is 12.5. The van der Waals surface area contributed by atoms with E-state index in [1.165, 1.54) is 17.0 Å². The van der Waals surface area contributed by atoms with Crippen molar-refractivity contribution in [3.05, 3.63) is 53.3 Å². The Morgan fingerprint density at radius 3 is 2.61 bits per heavy atom. The molecule has 1 amide bonds. The van der Waals surface area contributed by atoms with Crippen molar-refractivity contribution in [1.29, 1.82) is 0 Å². The third-order valence-corrected chi connectivity index (χ3v) is 7.31. The molecule has 10 heteroatoms. The molecule has 31 heavy (non-hydrogen) atoms. The van der Waals surface area contributed by atoms with Crippen molar-refractivity contribution < 1.29 is 26.9 Å². The Bertz CT molecular complexity index is 1100. The molecule has 0 radical (unpaired) electrons. The monoisotopic (exact) mass is 466 g/mol. The van der Waals surface area contributed by atoms with Gasteiger partial charge in [-0.25, -0.2) is 9.18 Å². The van der Waals surface area contributed by atoms with Gasteiger partial charge >= 0.3 is 6.09 Å². The fourth-order valence-electron chi connectivity index (χ4n) is 3.93. The SMILES string of the molecule is Cc1ccc(S(=O)(=O)O)c(C[C@@H]2CN(c3ccc(N4CCSCC4)c(F)c3)C(=O)O2)c1. The van der Waals surface area contributed by atoms with Gasteiger partial charge < -0.3 is 9.64 Å². The lowest BCUT2D eigenvalue weighted by molar-refractivity contribution is 0.141. The van der Waals surface area contributed by atoms with Crippen molar-refractivity contribution in [3.63, 3.8) is 0 Å². The number of aryl methyl sites for hydroxylation is 1. The second kappa shape index (κ2) is 8.68. The molecule has 0 spiro atoms. The summed E-state index contributed by atoms with van der Waals surface area (Å²) in [7, 11) is -4.40. The molecule has 4 rings (SSSR count). The van der Waals surface area contributed by atoms with Crippen molar-refractivity contribution in [2.24, 2.45) is 0 Å². The highest BCUT2D eigenvalue weighted by molar-refractivity contribution is 7.99. The van der Waals surface area contributed by atoms with E-state index in [1.54, 1.807) is 31.2 Å². The summed E-state index contributed by atoms with van der Waals surface area (Å²) in [5.41, 5.74) is 2.09. The Hall–Kier alpha value is -2.30. The molecular weight excluding hydrogens is 443 g/mol. The molecule has 2 aromatic carbocycles. The number of carbonyl (C=O) groups is 1. The van der Waals surface area contributed by atoms with Crippen molar-refractivity contribution >= 4 is 39.3 Å². The van der Waals surface area contributed by atoms with Crippen LogP contribution in [0.4, 0.5) is 20.6 Å². The van der Waals surface area contributed by atoms with Gasteiger partial charge in [-0.15, -0.1) is 0 Å². The van der Waals surface area contributed by atoms with Crippen LogP contribution in [0, 0.1) is 12.7 Å². The van der Waals surface area contributed by atoms with Crippen molar-refractivity contribution in [2.75, 3.05) is 40.9 Å². The molecule has 2 saturated heterocycles. The maximum absolute atomic E-state index is 14.8. The predicted molar refractivity (Wildman–Crippen MR) is 118 cm³/mol. The lowest BCUT2D eigenvalue weighted by Crippen LogP contribution is -2.33. The largest absolute Gasteiger partial charge is 0.444 e. The Morgan fingerprint density at radius 2 is 1.94 bits per heavy atom. The van der Waals surface area contributed by atoms with E-state index in [4.69, 9.17) is 4.74 Å². The van der Waals surface area contributed by atoms with Gasteiger partial charge in [-0.05, 0) is 36.8 Å². The minimum atomic E-state index is -4.40. The predicted octanol–water partition coefficient (Wildman–Crippen LogP) is 3.50. The minimum Gasteiger partial charge on any atom is -0.444 e. The summed E-state index contributed by atoms with van der Waals surface area (Å²) in [5.74, 6) is 1.51. The fourth-order valence-corrected chi connectivity index (χ4v) is 5.54. The number of amides is 1. The maximum Gasteiger partial charge on any atom is 0.414 e. The number of anilines is 2. The van der Waals surface area contributed by atoms with Crippen molar-refractivity contribution in [1.82, 2.24) is 0 Å². The Morgan fingerprint density at radius 1 is 1.19 bits per heavy atom. The number of nitrogens with zero attached hydrogens (tertiary/aromatic N) is 2. The molecule has 1 atom stereocenters. The fraction of sp³-hybridized carbons (Fsp3) is 0.381. The summed E-state index contributed by atoms with van der Waals surface area (Å²) in [5, 5.41) is 0. The molecule has 2 aromatic rings. The second-order valence-corrected chi connectivity index (χ2v) is 10.3. The first-order valence-electron chi connectivity index (χ1n) is 9.90. The van der Waals surface area contributed by atoms with Crippen LogP contribution < -0.4 is 9.80 Å². The molecular formula is C21H23FN2O5S2. The van der Waals surface area contributed by atoms with Gasteiger partial charge in [0, 0.05) is 31.0 Å². The van der Waals surface area contributed by atoms with Gasteiger partial charge in [-0.3, -0.25) is 9.45 Å². The van der Waals surface area contributed by atoms with Gasteiger partial charge in [-0.1, -0.05) is 17.7 Å². The smallest absolute Gasteiger partial charge is 0.414 e. The zero-order valence-corrected chi connectivity index (χ0v) is 18.6. The van der Waals surface area contributed by atoms with E-state index < -0.39 is 28.1 Å². The molecule has 166 valence electrons. The summed E-state index contributed by atoms with van der Waals surface area (Å²) in [6.45, 7) is 3.51. The van der Waals surface area contributed by atoms with Crippen LogP contribution in [-0.4, -0.2) is 56.3 Å². The number of benzene rings is 2. The number of hydrogen-bond acceptors (Lipinski definition) is 6. The number of cyclic esters (lactones) is 1. The summed E-state index contributed by atoms with van der Waals surface area (Å²) < 4.78 is 53.0. The summed E-state index contributed by atoms with van der Waals surface area (Å²) in [6.07, 6.45) is -1.13. The zero-order valence-electron chi connectivity index (χ0n) is 17.0. The van der Waals surface area contributed by atoms with Crippen LogP contribution in [0.3, 0.4) is 0 Å². The van der Waals surface area contributed by atoms with Crippen LogP contribution in [-0.2, 0) is 21.3 Å². The molecule has 0 aliphatic carbocycles. The highest BCUT2D eigenvalue weighted by atomic mass is 32.2. The van der Waals surface area contributed by atoms with E-state index in [9.17, 15) is 22.2 Å². The van der Waals surface area contributed by atoms with Crippen molar-refractivity contribution in [3.8, 4) is 0 Å². The Balaban J connectivity index is 1.52. The average Bonchev–Trinajstić information content (AvgIpc) is 3.07. The lowest BCUT2D eigenvalue weighted by Gasteiger charge is -2.29. The molecule has 0 aromatic heterocycles. The normalized spacial score (nSPS) is 19.6. The van der Waals surface area contributed by atoms with Gasteiger partial charge in [0.05, 0.1) is 22.8 Å². The summed E-state index contributed by atoms with van der Waals surface area (Å²) in [4.78, 5) is 15.6. The van der Waals surface area contributed by atoms with E-state index in [0.29, 0.717) is 16.9 Å². The topological polar surface area (TPSA) is 87.2 Å². The molecule has 2 fully saturated rings. The van der Waals surface area contributed by atoms with Gasteiger partial charge in [0.15, 0.2) is 0 Å². The molecule has 2 aliphatic rings. The van der Waals surface area contributed by atoms with E-state index >= 15 is 0 Å². The minimum absolute atomic E-state index is 0.116. The van der Waals surface area contributed by atoms with Crippen LogP contribution in [0.2, 0.25) is 0 Å². The molecule has 2 heterocycles. The standard InChI is InChI=1S/C21H23FN2O5S2/c1-14-2-5-20(31(26,27)28)15(10-14)11-17-13-24(21(25)29-17)16-3-4-19(18(22)12-16)23-6-8-30-9-7-23/h2-5,10,12,17H,6-9,11,13H2,1H3,(H,26,27,28)/t17-/m1/s1. The van der Waals surface area contributed by atoms with E-state index in [1.807, 2.05) is 16.7 Å². The Kier molecular flexibility index (Phi) is 6.14. The van der Waals surface area contributed by atoms with Crippen LogP contribution in [0.5, 0.6) is 0 Å². The number of halogens is 1. The first kappa shape index (κ1) is 21.9. The first-order chi connectivity index (χ1) is 14.7. The number of hydrogen-bond donors (Lipinski definition) is 1. The van der Waals surface area contributed by atoms with Crippen LogP contribution >= 0.6 is 11.8 Å². The van der Waals surface area contributed by atoms with Crippen LogP contribution in [0.25, 0.3) is 0 Å². The number of rotatable bonds is 5. The molecule has 7 nitrogen and oxygen atoms in total.